The van der Waals surface area contributed by atoms with Crippen molar-refractivity contribution in [3.63, 3.8) is 0 Å². The van der Waals surface area contributed by atoms with Crippen molar-refractivity contribution in [1.82, 2.24) is 14.8 Å². The monoisotopic (exact) mass is 360 g/mol. The van der Waals surface area contributed by atoms with Crippen LogP contribution in [0.5, 0.6) is 5.75 Å². The van der Waals surface area contributed by atoms with E-state index in [0.29, 0.717) is 49.7 Å². The first-order valence-corrected chi connectivity index (χ1v) is 8.87. The quantitative estimate of drug-likeness (QED) is 0.885. The maximum atomic E-state index is 12.5. The molecule has 1 aliphatic rings. The van der Waals surface area contributed by atoms with Gasteiger partial charge in [0.25, 0.3) is 11.8 Å². The first kappa shape index (κ1) is 17.4. The lowest BCUT2D eigenvalue weighted by atomic mass is 10.1. The Morgan fingerprint density at radius 3 is 2.24 bits per heavy atom. The van der Waals surface area contributed by atoms with Crippen molar-refractivity contribution in [2.24, 2.45) is 5.73 Å². The number of hydrogen-bond acceptors (Lipinski definition) is 6. The van der Waals surface area contributed by atoms with Gasteiger partial charge in [0, 0.05) is 43.7 Å². The predicted octanol–water partition coefficient (Wildman–Crippen LogP) is 1.21. The Morgan fingerprint density at radius 1 is 1.12 bits per heavy atom. The zero-order valence-electron chi connectivity index (χ0n) is 14.0. The van der Waals surface area contributed by atoms with E-state index in [2.05, 4.69) is 4.98 Å². The van der Waals surface area contributed by atoms with Crippen LogP contribution in [0, 0.1) is 0 Å². The predicted molar refractivity (Wildman–Crippen MR) is 94.8 cm³/mol. The van der Waals surface area contributed by atoms with Crippen molar-refractivity contribution in [1.29, 1.82) is 0 Å². The number of piperazine rings is 1. The molecule has 8 heteroatoms. The molecule has 1 saturated heterocycles. The van der Waals surface area contributed by atoms with Crippen LogP contribution >= 0.6 is 11.3 Å². The second-order valence-electron chi connectivity index (χ2n) is 5.64. The Morgan fingerprint density at radius 2 is 1.72 bits per heavy atom. The Kier molecular flexibility index (Phi) is 5.30. The van der Waals surface area contributed by atoms with Crippen LogP contribution in [-0.2, 0) is 6.54 Å². The molecular formula is C17H20N4O3S. The van der Waals surface area contributed by atoms with Crippen LogP contribution in [0.25, 0.3) is 0 Å². The molecule has 1 aliphatic heterocycles. The molecule has 0 spiro atoms. The molecule has 0 saturated carbocycles. The molecule has 1 aromatic carbocycles. The molecule has 0 radical (unpaired) electrons. The Bertz CT molecular complexity index is 752. The third-order valence-electron chi connectivity index (χ3n) is 4.14. The lowest BCUT2D eigenvalue weighted by Gasteiger charge is -2.34. The summed E-state index contributed by atoms with van der Waals surface area (Å²) in [6.45, 7) is 2.34. The van der Waals surface area contributed by atoms with Gasteiger partial charge in [-0.2, -0.15) is 0 Å². The molecule has 0 unspecified atom stereocenters. The van der Waals surface area contributed by atoms with Crippen LogP contribution in [0.3, 0.4) is 0 Å². The van der Waals surface area contributed by atoms with Crippen molar-refractivity contribution in [3.8, 4) is 5.75 Å². The molecule has 0 aliphatic carbocycles. The molecule has 1 aromatic heterocycles. The summed E-state index contributed by atoms with van der Waals surface area (Å²) >= 11 is 1.39. The van der Waals surface area contributed by atoms with Crippen LogP contribution in [-0.4, -0.2) is 59.9 Å². The van der Waals surface area contributed by atoms with Gasteiger partial charge in [-0.3, -0.25) is 9.59 Å². The van der Waals surface area contributed by atoms with E-state index in [4.69, 9.17) is 10.5 Å². The highest BCUT2D eigenvalue weighted by molar-refractivity contribution is 7.09. The minimum Gasteiger partial charge on any atom is -0.497 e. The van der Waals surface area contributed by atoms with E-state index >= 15 is 0 Å². The standard InChI is InChI=1S/C17H20N4O3S/c1-24-13-4-2-12(3-5-13)16(22)20-6-8-21(9-7-20)17(23)14-11-25-15(10-18)19-14/h2-5,11H,6-10,18H2,1H3. The van der Waals surface area contributed by atoms with Crippen LogP contribution in [0.2, 0.25) is 0 Å². The van der Waals surface area contributed by atoms with E-state index < -0.39 is 0 Å². The van der Waals surface area contributed by atoms with Gasteiger partial charge in [-0.15, -0.1) is 11.3 Å². The van der Waals surface area contributed by atoms with E-state index in [9.17, 15) is 9.59 Å². The number of benzene rings is 1. The zero-order valence-corrected chi connectivity index (χ0v) is 14.8. The number of rotatable bonds is 4. The van der Waals surface area contributed by atoms with Crippen LogP contribution in [0.4, 0.5) is 0 Å². The summed E-state index contributed by atoms with van der Waals surface area (Å²) in [5, 5.41) is 2.48. The highest BCUT2D eigenvalue weighted by Crippen LogP contribution is 2.16. The van der Waals surface area contributed by atoms with E-state index in [1.165, 1.54) is 11.3 Å². The molecule has 25 heavy (non-hydrogen) atoms. The average Bonchev–Trinajstić information content (AvgIpc) is 3.16. The molecule has 0 atom stereocenters. The third-order valence-corrected chi connectivity index (χ3v) is 5.01. The molecule has 1 fully saturated rings. The maximum Gasteiger partial charge on any atom is 0.273 e. The lowest BCUT2D eigenvalue weighted by molar-refractivity contribution is 0.0532. The summed E-state index contributed by atoms with van der Waals surface area (Å²) in [6, 6.07) is 7.04. The van der Waals surface area contributed by atoms with Crippen LogP contribution < -0.4 is 10.5 Å². The van der Waals surface area contributed by atoms with E-state index in [1.807, 2.05) is 0 Å². The number of methoxy groups -OCH3 is 1. The third kappa shape index (κ3) is 3.80. The number of nitrogens with two attached hydrogens (primary N) is 1. The number of carbonyl (C=O) groups is 2. The smallest absolute Gasteiger partial charge is 0.273 e. The van der Waals surface area contributed by atoms with Crippen molar-refractivity contribution in [2.45, 2.75) is 6.54 Å². The summed E-state index contributed by atoms with van der Waals surface area (Å²) in [6.07, 6.45) is 0. The molecule has 7 nitrogen and oxygen atoms in total. The van der Waals surface area contributed by atoms with Crippen molar-refractivity contribution < 1.29 is 14.3 Å². The first-order chi connectivity index (χ1) is 12.1. The summed E-state index contributed by atoms with van der Waals surface area (Å²) in [4.78, 5) is 32.7. The van der Waals surface area contributed by atoms with E-state index in [1.54, 1.807) is 46.6 Å². The van der Waals surface area contributed by atoms with Crippen LogP contribution in [0.15, 0.2) is 29.6 Å². The number of aromatic nitrogens is 1. The number of carbonyl (C=O) groups excluding carboxylic acids is 2. The van der Waals surface area contributed by atoms with Gasteiger partial charge in [0.15, 0.2) is 0 Å². The van der Waals surface area contributed by atoms with Gasteiger partial charge in [0.2, 0.25) is 0 Å². The van der Waals surface area contributed by atoms with Gasteiger partial charge < -0.3 is 20.3 Å². The summed E-state index contributed by atoms with van der Waals surface area (Å²) in [7, 11) is 1.59. The Balaban J connectivity index is 1.59. The van der Waals surface area contributed by atoms with Crippen LogP contribution in [0.1, 0.15) is 25.9 Å². The largest absolute Gasteiger partial charge is 0.497 e. The highest BCUT2D eigenvalue weighted by Gasteiger charge is 2.26. The molecule has 2 heterocycles. The van der Waals surface area contributed by atoms with Crippen molar-refractivity contribution in [2.75, 3.05) is 33.3 Å². The number of nitrogens with zero attached hydrogens (tertiary/aromatic N) is 3. The first-order valence-electron chi connectivity index (χ1n) is 7.99. The number of ether oxygens (including phenoxy) is 1. The molecule has 3 rings (SSSR count). The average molecular weight is 360 g/mol. The molecule has 0 bridgehead atoms. The number of thiazole rings is 1. The minimum absolute atomic E-state index is 0.0335. The topological polar surface area (TPSA) is 88.8 Å². The van der Waals surface area contributed by atoms with Gasteiger partial charge in [0.05, 0.1) is 7.11 Å². The van der Waals surface area contributed by atoms with Crippen molar-refractivity contribution in [3.05, 3.63) is 45.9 Å². The van der Waals surface area contributed by atoms with Gasteiger partial charge in [-0.25, -0.2) is 4.98 Å². The fourth-order valence-electron chi connectivity index (χ4n) is 2.69. The number of amides is 2. The van der Waals surface area contributed by atoms with E-state index in [0.717, 1.165) is 5.01 Å². The normalized spacial score (nSPS) is 14.5. The van der Waals surface area contributed by atoms with Gasteiger partial charge in [-0.05, 0) is 24.3 Å². The second-order valence-corrected chi connectivity index (χ2v) is 6.59. The van der Waals surface area contributed by atoms with Crippen molar-refractivity contribution >= 4 is 23.2 Å². The Hall–Kier alpha value is -2.45. The Labute approximate surface area is 150 Å². The zero-order chi connectivity index (χ0) is 17.8. The molecular weight excluding hydrogens is 340 g/mol. The number of hydrogen-bond donors (Lipinski definition) is 1. The summed E-state index contributed by atoms with van der Waals surface area (Å²) in [5.41, 5.74) is 6.59. The summed E-state index contributed by atoms with van der Waals surface area (Å²) < 4.78 is 5.10. The maximum absolute atomic E-state index is 12.5. The van der Waals surface area contributed by atoms with Gasteiger partial charge in [0.1, 0.15) is 16.5 Å². The molecule has 2 N–H and O–H groups in total. The second kappa shape index (κ2) is 7.62. The summed E-state index contributed by atoms with van der Waals surface area (Å²) in [5.74, 6) is 0.577. The molecule has 2 amide bonds. The SMILES string of the molecule is COc1ccc(C(=O)N2CCN(C(=O)c3csc(CN)n3)CC2)cc1. The fourth-order valence-corrected chi connectivity index (χ4v) is 3.34. The van der Waals surface area contributed by atoms with Gasteiger partial charge in [-0.1, -0.05) is 0 Å². The highest BCUT2D eigenvalue weighted by atomic mass is 32.1. The fraction of sp³-hybridized carbons (Fsp3) is 0.353. The lowest BCUT2D eigenvalue weighted by Crippen LogP contribution is -2.50. The van der Waals surface area contributed by atoms with Gasteiger partial charge >= 0.3 is 0 Å². The molecule has 132 valence electrons. The minimum atomic E-state index is -0.104. The molecule has 2 aromatic rings. The van der Waals surface area contributed by atoms with E-state index in [-0.39, 0.29) is 11.8 Å².